The molecule has 3 aliphatic carbocycles. The van der Waals surface area contributed by atoms with Crippen LogP contribution < -0.4 is 5.32 Å². The van der Waals surface area contributed by atoms with Crippen molar-refractivity contribution >= 4 is 11.9 Å². The minimum absolute atomic E-state index is 0.0136. The number of rotatable bonds is 6. The topological polar surface area (TPSA) is 66.4 Å². The summed E-state index contributed by atoms with van der Waals surface area (Å²) in [5.41, 5.74) is 0.386. The Morgan fingerprint density at radius 1 is 1.20 bits per heavy atom. The SMILES string of the molecule is CCC1C[C@H](C(=O)NCC2(C3CC3)CC2)[C@H](C(=O)O)C1. The number of carboxylic acids is 1. The summed E-state index contributed by atoms with van der Waals surface area (Å²) in [6, 6.07) is 0. The third-order valence-electron chi connectivity index (χ3n) is 5.84. The van der Waals surface area contributed by atoms with E-state index in [2.05, 4.69) is 12.2 Å². The molecule has 0 aliphatic heterocycles. The third kappa shape index (κ3) is 2.57. The quantitative estimate of drug-likeness (QED) is 0.784. The van der Waals surface area contributed by atoms with Gasteiger partial charge in [-0.3, -0.25) is 9.59 Å². The predicted octanol–water partition coefficient (Wildman–Crippen LogP) is 2.43. The number of aliphatic carboxylic acids is 1. The molecule has 112 valence electrons. The summed E-state index contributed by atoms with van der Waals surface area (Å²) in [7, 11) is 0. The molecule has 0 aromatic carbocycles. The van der Waals surface area contributed by atoms with Crippen LogP contribution in [0.5, 0.6) is 0 Å². The first-order valence-electron chi connectivity index (χ1n) is 8.06. The second-order valence-electron chi connectivity index (χ2n) is 7.15. The lowest BCUT2D eigenvalue weighted by Crippen LogP contribution is -2.38. The summed E-state index contributed by atoms with van der Waals surface area (Å²) >= 11 is 0. The molecule has 4 heteroatoms. The van der Waals surface area contributed by atoms with E-state index in [1.54, 1.807) is 0 Å². The Morgan fingerprint density at radius 2 is 1.85 bits per heavy atom. The third-order valence-corrected chi connectivity index (χ3v) is 5.84. The van der Waals surface area contributed by atoms with Gasteiger partial charge >= 0.3 is 5.97 Å². The molecule has 0 saturated heterocycles. The number of hydrogen-bond donors (Lipinski definition) is 2. The zero-order chi connectivity index (χ0) is 14.3. The number of nitrogens with one attached hydrogen (secondary N) is 1. The van der Waals surface area contributed by atoms with Gasteiger partial charge in [0, 0.05) is 6.54 Å². The molecule has 3 atom stereocenters. The molecule has 2 N–H and O–H groups in total. The normalized spacial score (nSPS) is 34.8. The van der Waals surface area contributed by atoms with Crippen LogP contribution in [0, 0.1) is 29.1 Å². The van der Waals surface area contributed by atoms with Crippen LogP contribution in [0.4, 0.5) is 0 Å². The summed E-state index contributed by atoms with van der Waals surface area (Å²) in [4.78, 5) is 23.7. The van der Waals surface area contributed by atoms with Crippen LogP contribution in [0.2, 0.25) is 0 Å². The van der Waals surface area contributed by atoms with Gasteiger partial charge in [0.2, 0.25) is 5.91 Å². The van der Waals surface area contributed by atoms with Crippen molar-refractivity contribution in [1.29, 1.82) is 0 Å². The first-order chi connectivity index (χ1) is 9.55. The highest BCUT2D eigenvalue weighted by Crippen LogP contribution is 2.60. The Hall–Kier alpha value is -1.06. The lowest BCUT2D eigenvalue weighted by molar-refractivity contribution is -0.146. The van der Waals surface area contributed by atoms with E-state index in [-0.39, 0.29) is 11.8 Å². The summed E-state index contributed by atoms with van der Waals surface area (Å²) in [5.74, 6) is -0.386. The summed E-state index contributed by atoms with van der Waals surface area (Å²) < 4.78 is 0. The Balaban J connectivity index is 1.56. The minimum Gasteiger partial charge on any atom is -0.481 e. The largest absolute Gasteiger partial charge is 0.481 e. The van der Waals surface area contributed by atoms with Crippen molar-refractivity contribution in [3.63, 3.8) is 0 Å². The van der Waals surface area contributed by atoms with Gasteiger partial charge in [-0.2, -0.15) is 0 Å². The van der Waals surface area contributed by atoms with Crippen molar-refractivity contribution in [3.8, 4) is 0 Å². The Bertz CT molecular complexity index is 412. The van der Waals surface area contributed by atoms with E-state index in [1.165, 1.54) is 25.7 Å². The monoisotopic (exact) mass is 279 g/mol. The molecule has 0 aromatic heterocycles. The number of amides is 1. The number of carbonyl (C=O) groups is 2. The average Bonchev–Trinajstić information content (AvgIpc) is 3.32. The molecule has 0 radical (unpaired) electrons. The number of carbonyl (C=O) groups excluding carboxylic acids is 1. The highest BCUT2D eigenvalue weighted by molar-refractivity contribution is 5.85. The molecule has 0 bridgehead atoms. The van der Waals surface area contributed by atoms with Crippen LogP contribution >= 0.6 is 0 Å². The molecular formula is C16H25NO3. The van der Waals surface area contributed by atoms with Crippen molar-refractivity contribution in [2.75, 3.05) is 6.54 Å². The van der Waals surface area contributed by atoms with Gasteiger partial charge in [0.25, 0.3) is 0 Å². The molecule has 3 rings (SSSR count). The van der Waals surface area contributed by atoms with Crippen molar-refractivity contribution in [3.05, 3.63) is 0 Å². The highest BCUT2D eigenvalue weighted by Gasteiger charge is 2.54. The molecule has 3 aliphatic rings. The highest BCUT2D eigenvalue weighted by atomic mass is 16.4. The number of hydrogen-bond acceptors (Lipinski definition) is 2. The van der Waals surface area contributed by atoms with Crippen molar-refractivity contribution < 1.29 is 14.7 Å². The number of carboxylic acid groups (broad SMARTS) is 1. The molecule has 20 heavy (non-hydrogen) atoms. The molecular weight excluding hydrogens is 254 g/mol. The van der Waals surface area contributed by atoms with Crippen LogP contribution in [0.3, 0.4) is 0 Å². The smallest absolute Gasteiger partial charge is 0.307 e. The van der Waals surface area contributed by atoms with Gasteiger partial charge in [0.1, 0.15) is 0 Å². The van der Waals surface area contributed by atoms with Gasteiger partial charge in [-0.15, -0.1) is 0 Å². The fourth-order valence-electron chi connectivity index (χ4n) is 4.02. The van der Waals surface area contributed by atoms with E-state index in [0.717, 1.165) is 25.3 Å². The van der Waals surface area contributed by atoms with Gasteiger partial charge in [0.05, 0.1) is 11.8 Å². The minimum atomic E-state index is -0.801. The van der Waals surface area contributed by atoms with E-state index in [0.29, 0.717) is 17.8 Å². The maximum Gasteiger partial charge on any atom is 0.307 e. The molecule has 0 aromatic rings. The first-order valence-corrected chi connectivity index (χ1v) is 8.06. The Morgan fingerprint density at radius 3 is 2.35 bits per heavy atom. The summed E-state index contributed by atoms with van der Waals surface area (Å²) in [6.07, 6.45) is 7.49. The maximum atomic E-state index is 12.4. The van der Waals surface area contributed by atoms with Crippen LogP contribution in [0.1, 0.15) is 51.9 Å². The van der Waals surface area contributed by atoms with Crippen molar-refractivity contribution in [2.24, 2.45) is 29.1 Å². The average molecular weight is 279 g/mol. The standard InChI is InChI=1S/C16H25NO3/c1-2-10-7-12(13(8-10)15(19)20)14(18)17-9-16(5-6-16)11-3-4-11/h10-13H,2-9H2,1H3,(H,17,18)(H,19,20)/t10?,12-,13+/m0/s1. The van der Waals surface area contributed by atoms with Crippen molar-refractivity contribution in [1.82, 2.24) is 5.32 Å². The zero-order valence-corrected chi connectivity index (χ0v) is 12.2. The second-order valence-corrected chi connectivity index (χ2v) is 7.15. The van der Waals surface area contributed by atoms with Gasteiger partial charge in [0.15, 0.2) is 0 Å². The van der Waals surface area contributed by atoms with Crippen LogP contribution in [0.25, 0.3) is 0 Å². The van der Waals surface area contributed by atoms with E-state index >= 15 is 0 Å². The zero-order valence-electron chi connectivity index (χ0n) is 12.2. The molecule has 3 saturated carbocycles. The van der Waals surface area contributed by atoms with Crippen LogP contribution in [-0.4, -0.2) is 23.5 Å². The van der Waals surface area contributed by atoms with Crippen molar-refractivity contribution in [2.45, 2.75) is 51.9 Å². The maximum absolute atomic E-state index is 12.4. The van der Waals surface area contributed by atoms with E-state index in [1.807, 2.05) is 0 Å². The van der Waals surface area contributed by atoms with Crippen LogP contribution in [-0.2, 0) is 9.59 Å². The van der Waals surface area contributed by atoms with Crippen LogP contribution in [0.15, 0.2) is 0 Å². The first kappa shape index (κ1) is 13.9. The Labute approximate surface area is 120 Å². The van der Waals surface area contributed by atoms with Gasteiger partial charge in [-0.05, 0) is 55.8 Å². The van der Waals surface area contributed by atoms with E-state index in [9.17, 15) is 14.7 Å². The molecule has 4 nitrogen and oxygen atoms in total. The molecule has 1 amide bonds. The fraction of sp³-hybridized carbons (Fsp3) is 0.875. The Kier molecular flexibility index (Phi) is 3.51. The lowest BCUT2D eigenvalue weighted by atomic mass is 9.94. The van der Waals surface area contributed by atoms with E-state index < -0.39 is 11.9 Å². The predicted molar refractivity (Wildman–Crippen MR) is 75.0 cm³/mol. The van der Waals surface area contributed by atoms with Gasteiger partial charge in [-0.1, -0.05) is 13.3 Å². The molecule has 0 heterocycles. The summed E-state index contributed by atoms with van der Waals surface area (Å²) in [6.45, 7) is 2.85. The lowest BCUT2D eigenvalue weighted by Gasteiger charge is -2.19. The fourth-order valence-corrected chi connectivity index (χ4v) is 4.02. The molecule has 3 fully saturated rings. The molecule has 1 unspecified atom stereocenters. The van der Waals surface area contributed by atoms with E-state index in [4.69, 9.17) is 0 Å². The summed E-state index contributed by atoms with van der Waals surface area (Å²) in [5, 5.41) is 12.4. The van der Waals surface area contributed by atoms with Gasteiger partial charge < -0.3 is 10.4 Å². The molecule has 0 spiro atoms. The van der Waals surface area contributed by atoms with Gasteiger partial charge in [-0.25, -0.2) is 0 Å². The second kappa shape index (κ2) is 5.05.